The van der Waals surface area contributed by atoms with E-state index in [2.05, 4.69) is 30.5 Å². The Balaban J connectivity index is 2.08. The van der Waals surface area contributed by atoms with Crippen molar-refractivity contribution in [3.8, 4) is 0 Å². The molecule has 0 spiro atoms. The lowest BCUT2D eigenvalue weighted by Crippen LogP contribution is -2.06. The van der Waals surface area contributed by atoms with Crippen LogP contribution in [0, 0.1) is 5.92 Å². The zero-order valence-corrected chi connectivity index (χ0v) is 11.3. The summed E-state index contributed by atoms with van der Waals surface area (Å²) in [5.41, 5.74) is 6.71. The molecule has 1 fully saturated rings. The maximum atomic E-state index is 10.8. The molecule has 3 rings (SSSR count). The summed E-state index contributed by atoms with van der Waals surface area (Å²) in [6, 6.07) is 0.322. The average molecular weight is 309 g/mol. The first-order chi connectivity index (χ1) is 8.70. The second-order valence-corrected chi connectivity index (χ2v) is 5.56. The zero-order valence-electron chi connectivity index (χ0n) is 9.71. The van der Waals surface area contributed by atoms with E-state index in [0.717, 1.165) is 41.1 Å². The molecule has 1 saturated carbocycles. The van der Waals surface area contributed by atoms with Gasteiger partial charge >= 0.3 is 0 Å². The highest BCUT2D eigenvalue weighted by atomic mass is 79.9. The van der Waals surface area contributed by atoms with Crippen molar-refractivity contribution in [2.24, 2.45) is 5.92 Å². The number of hydrogen-bond acceptors (Lipinski definition) is 4. The maximum absolute atomic E-state index is 10.8. The Kier molecular flexibility index (Phi) is 2.81. The maximum Gasteiger partial charge on any atom is 0.146 e. The normalized spacial score (nSPS) is 23.6. The third kappa shape index (κ3) is 1.71. The first-order valence-electron chi connectivity index (χ1n) is 5.92. The number of nitrogens with two attached hydrogens (primary N) is 1. The van der Waals surface area contributed by atoms with Gasteiger partial charge in [0.25, 0.3) is 0 Å². The Hall–Kier alpha value is -1.43. The quantitative estimate of drug-likeness (QED) is 0.864. The standard InChI is InChI=1S/C12H13BrN4O/c13-9-4-17(8-2-1-7(3-8)5-18)12-10(9)11(14)15-6-16-12/h4-8H,1-3H2,(H2,14,15,16). The summed E-state index contributed by atoms with van der Waals surface area (Å²) in [5.74, 6) is 0.654. The van der Waals surface area contributed by atoms with Crippen molar-refractivity contribution >= 4 is 39.1 Å². The van der Waals surface area contributed by atoms with Crippen LogP contribution >= 0.6 is 15.9 Å². The molecule has 0 radical (unpaired) electrons. The Labute approximate surface area is 113 Å². The SMILES string of the molecule is Nc1ncnc2c1c(Br)cn2C1CCC(C=O)C1. The fraction of sp³-hybridized carbons (Fsp3) is 0.417. The van der Waals surface area contributed by atoms with Crippen LogP contribution in [0.5, 0.6) is 0 Å². The van der Waals surface area contributed by atoms with Gasteiger partial charge in [-0.05, 0) is 35.2 Å². The lowest BCUT2D eigenvalue weighted by atomic mass is 10.1. The summed E-state index contributed by atoms with van der Waals surface area (Å²) in [6.07, 6.45) is 7.36. The van der Waals surface area contributed by atoms with Crippen molar-refractivity contribution in [3.63, 3.8) is 0 Å². The Morgan fingerprint density at radius 2 is 2.28 bits per heavy atom. The fourth-order valence-electron chi connectivity index (χ4n) is 2.71. The molecule has 2 unspecified atom stereocenters. The number of nitrogens with zero attached hydrogens (tertiary/aromatic N) is 3. The van der Waals surface area contributed by atoms with E-state index in [1.54, 1.807) is 0 Å². The molecule has 6 heteroatoms. The van der Waals surface area contributed by atoms with E-state index < -0.39 is 0 Å². The van der Waals surface area contributed by atoms with Gasteiger partial charge in [-0.3, -0.25) is 0 Å². The van der Waals surface area contributed by atoms with Crippen LogP contribution in [0.4, 0.5) is 5.82 Å². The number of hydrogen-bond donors (Lipinski definition) is 1. The number of halogens is 1. The summed E-state index contributed by atoms with van der Waals surface area (Å²) in [5, 5.41) is 0.854. The van der Waals surface area contributed by atoms with Gasteiger partial charge in [-0.1, -0.05) is 0 Å². The van der Waals surface area contributed by atoms with E-state index in [1.807, 2.05) is 6.20 Å². The number of nitrogen functional groups attached to an aromatic ring is 1. The van der Waals surface area contributed by atoms with E-state index in [4.69, 9.17) is 5.73 Å². The molecule has 1 aliphatic carbocycles. The Morgan fingerprint density at radius 3 is 3.00 bits per heavy atom. The van der Waals surface area contributed by atoms with Gasteiger partial charge in [0.05, 0.1) is 5.39 Å². The Morgan fingerprint density at radius 1 is 1.44 bits per heavy atom. The van der Waals surface area contributed by atoms with Gasteiger partial charge in [-0.15, -0.1) is 0 Å². The van der Waals surface area contributed by atoms with Gasteiger partial charge in [-0.25, -0.2) is 9.97 Å². The number of aromatic nitrogens is 3. The van der Waals surface area contributed by atoms with Gasteiger partial charge in [0, 0.05) is 22.6 Å². The molecule has 2 aromatic heterocycles. The highest BCUT2D eigenvalue weighted by Crippen LogP contribution is 2.38. The van der Waals surface area contributed by atoms with Crippen LogP contribution in [0.25, 0.3) is 11.0 Å². The summed E-state index contributed by atoms with van der Waals surface area (Å²) in [4.78, 5) is 19.2. The minimum absolute atomic E-state index is 0.172. The number of fused-ring (bicyclic) bond motifs is 1. The third-order valence-corrected chi connectivity index (χ3v) is 4.23. The smallest absolute Gasteiger partial charge is 0.146 e. The molecule has 0 amide bonds. The number of carbonyl (C=O) groups excluding carboxylic acids is 1. The molecule has 2 aromatic rings. The van der Waals surface area contributed by atoms with Crippen LogP contribution in [0.15, 0.2) is 17.0 Å². The summed E-state index contributed by atoms with van der Waals surface area (Å²) in [7, 11) is 0. The van der Waals surface area contributed by atoms with Crippen molar-refractivity contribution in [2.75, 3.05) is 5.73 Å². The third-order valence-electron chi connectivity index (χ3n) is 3.62. The van der Waals surface area contributed by atoms with Crippen LogP contribution in [0.1, 0.15) is 25.3 Å². The number of rotatable bonds is 2. The highest BCUT2D eigenvalue weighted by molar-refractivity contribution is 9.10. The first-order valence-corrected chi connectivity index (χ1v) is 6.71. The molecule has 2 heterocycles. The fourth-order valence-corrected chi connectivity index (χ4v) is 3.31. The first kappa shape index (κ1) is 11.6. The van der Waals surface area contributed by atoms with Gasteiger partial charge in [0.15, 0.2) is 0 Å². The molecule has 94 valence electrons. The zero-order chi connectivity index (χ0) is 12.7. The number of anilines is 1. The summed E-state index contributed by atoms with van der Waals surface area (Å²) in [6.45, 7) is 0. The molecule has 5 nitrogen and oxygen atoms in total. The molecule has 2 atom stereocenters. The van der Waals surface area contributed by atoms with Crippen LogP contribution < -0.4 is 5.73 Å². The van der Waals surface area contributed by atoms with E-state index in [-0.39, 0.29) is 5.92 Å². The van der Waals surface area contributed by atoms with Crippen LogP contribution in [-0.4, -0.2) is 20.8 Å². The molecular weight excluding hydrogens is 296 g/mol. The highest BCUT2D eigenvalue weighted by Gasteiger charge is 2.27. The number of aldehydes is 1. The van der Waals surface area contributed by atoms with Crippen LogP contribution in [0.2, 0.25) is 0 Å². The predicted molar refractivity (Wildman–Crippen MR) is 72.1 cm³/mol. The van der Waals surface area contributed by atoms with E-state index in [0.29, 0.717) is 11.9 Å². The van der Waals surface area contributed by atoms with Crippen LogP contribution in [0.3, 0.4) is 0 Å². The predicted octanol–water partition coefficient (Wildman–Crippen LogP) is 2.32. The van der Waals surface area contributed by atoms with E-state index >= 15 is 0 Å². The molecular formula is C12H13BrN4O. The van der Waals surface area contributed by atoms with Crippen molar-refractivity contribution in [3.05, 3.63) is 17.0 Å². The minimum Gasteiger partial charge on any atom is -0.383 e. The molecule has 0 bridgehead atoms. The van der Waals surface area contributed by atoms with Gasteiger partial charge in [0.2, 0.25) is 0 Å². The average Bonchev–Trinajstić information content (AvgIpc) is 2.94. The van der Waals surface area contributed by atoms with Crippen LogP contribution in [-0.2, 0) is 4.79 Å². The topological polar surface area (TPSA) is 73.8 Å². The lowest BCUT2D eigenvalue weighted by molar-refractivity contribution is -0.110. The van der Waals surface area contributed by atoms with Gasteiger partial charge in [-0.2, -0.15) is 0 Å². The second-order valence-electron chi connectivity index (χ2n) is 4.70. The summed E-state index contributed by atoms with van der Waals surface area (Å²) >= 11 is 3.50. The molecule has 2 N–H and O–H groups in total. The molecule has 18 heavy (non-hydrogen) atoms. The number of carbonyl (C=O) groups is 1. The van der Waals surface area contributed by atoms with Crippen molar-refractivity contribution < 1.29 is 4.79 Å². The Bertz CT molecular complexity index is 609. The largest absolute Gasteiger partial charge is 0.383 e. The minimum atomic E-state index is 0.172. The van der Waals surface area contributed by atoms with Crippen molar-refractivity contribution in [1.29, 1.82) is 0 Å². The molecule has 0 aliphatic heterocycles. The van der Waals surface area contributed by atoms with E-state index in [1.165, 1.54) is 6.33 Å². The molecule has 1 aliphatic rings. The van der Waals surface area contributed by atoms with Gasteiger partial charge < -0.3 is 15.1 Å². The lowest BCUT2D eigenvalue weighted by Gasteiger charge is -2.12. The van der Waals surface area contributed by atoms with Crippen molar-refractivity contribution in [1.82, 2.24) is 14.5 Å². The molecule has 0 saturated heterocycles. The van der Waals surface area contributed by atoms with E-state index in [9.17, 15) is 4.79 Å². The van der Waals surface area contributed by atoms with Gasteiger partial charge in [0.1, 0.15) is 24.1 Å². The monoisotopic (exact) mass is 308 g/mol. The second kappa shape index (κ2) is 4.35. The summed E-state index contributed by atoms with van der Waals surface area (Å²) < 4.78 is 3.02. The molecule has 0 aromatic carbocycles. The van der Waals surface area contributed by atoms with Crippen molar-refractivity contribution in [2.45, 2.75) is 25.3 Å².